The van der Waals surface area contributed by atoms with Crippen molar-refractivity contribution in [2.45, 2.75) is 66.0 Å². The minimum absolute atomic E-state index is 0.0112. The zero-order valence-electron chi connectivity index (χ0n) is 22.9. The van der Waals surface area contributed by atoms with E-state index >= 15 is 0 Å². The topological polar surface area (TPSA) is 140 Å². The smallest absolute Gasteiger partial charge is 0.329 e. The summed E-state index contributed by atoms with van der Waals surface area (Å²) < 4.78 is 5.61. The molecule has 1 aliphatic rings. The molecule has 0 saturated heterocycles. The fourth-order valence-electron chi connectivity index (χ4n) is 3.91. The first-order valence-corrected chi connectivity index (χ1v) is 12.6. The van der Waals surface area contributed by atoms with E-state index in [0.29, 0.717) is 17.8 Å². The van der Waals surface area contributed by atoms with Gasteiger partial charge in [0.15, 0.2) is 11.7 Å². The number of rotatable bonds is 7. The Labute approximate surface area is 223 Å². The number of nitrogens with one attached hydrogen (secondary N) is 1. The molecule has 2 atom stereocenters. The molecule has 0 saturated carbocycles. The van der Waals surface area contributed by atoms with Gasteiger partial charge in [-0.2, -0.15) is 0 Å². The Morgan fingerprint density at radius 3 is 2.26 bits per heavy atom. The monoisotopic (exact) mass is 519 g/mol. The maximum Gasteiger partial charge on any atom is 0.329 e. The van der Waals surface area contributed by atoms with Crippen LogP contribution in [0.4, 0.5) is 0 Å². The minimum atomic E-state index is -0.842. The lowest BCUT2D eigenvalue weighted by Crippen LogP contribution is -2.47. The highest BCUT2D eigenvalue weighted by molar-refractivity contribution is 5.96. The molecule has 1 aromatic heterocycles. The van der Waals surface area contributed by atoms with E-state index in [-0.39, 0.29) is 29.5 Å². The van der Waals surface area contributed by atoms with Gasteiger partial charge in [0.1, 0.15) is 11.6 Å². The van der Waals surface area contributed by atoms with Gasteiger partial charge in [0, 0.05) is 24.4 Å². The fraction of sp³-hybridized carbons (Fsp3) is 0.414. The summed E-state index contributed by atoms with van der Waals surface area (Å²) in [4.78, 5) is 34.7. The van der Waals surface area contributed by atoms with E-state index < -0.39 is 17.6 Å². The number of aromatic nitrogens is 2. The second-order valence-corrected chi connectivity index (χ2v) is 11.4. The molecule has 1 heterocycles. The largest absolute Gasteiger partial charge is 0.458 e. The van der Waals surface area contributed by atoms with E-state index in [1.165, 1.54) is 18.0 Å². The number of amidine groups is 1. The first-order valence-electron chi connectivity index (χ1n) is 12.6. The molecule has 1 unspecified atom stereocenters. The molecule has 0 spiro atoms. The highest BCUT2D eigenvalue weighted by Gasteiger charge is 2.30. The molecule has 1 aliphatic carbocycles. The Hall–Kier alpha value is -4.01. The van der Waals surface area contributed by atoms with Crippen molar-refractivity contribution in [3.8, 4) is 11.4 Å². The lowest BCUT2D eigenvalue weighted by atomic mass is 9.81. The van der Waals surface area contributed by atoms with Crippen LogP contribution in [-0.4, -0.2) is 44.5 Å². The lowest BCUT2D eigenvalue weighted by Gasteiger charge is -2.27. The number of benzene rings is 1. The van der Waals surface area contributed by atoms with Gasteiger partial charge in [0.2, 0.25) is 5.91 Å². The molecule has 38 heavy (non-hydrogen) atoms. The Morgan fingerprint density at radius 2 is 1.76 bits per heavy atom. The van der Waals surface area contributed by atoms with Gasteiger partial charge in [-0.25, -0.2) is 14.8 Å². The lowest BCUT2D eigenvalue weighted by molar-refractivity contribution is -0.158. The quantitative estimate of drug-likeness (QED) is 0.164. The van der Waals surface area contributed by atoms with Crippen molar-refractivity contribution < 1.29 is 19.5 Å². The van der Waals surface area contributed by atoms with E-state index in [4.69, 9.17) is 15.7 Å². The zero-order chi connectivity index (χ0) is 28.1. The number of ether oxygens (including phenoxy) is 1. The summed E-state index contributed by atoms with van der Waals surface area (Å²) in [5, 5.41) is 14.6. The number of carbonyl (C=O) groups excluding carboxylic acids is 2. The molecule has 3 rings (SSSR count). The van der Waals surface area contributed by atoms with Gasteiger partial charge in [-0.15, -0.1) is 0 Å². The van der Waals surface area contributed by atoms with Crippen molar-refractivity contribution in [3.05, 3.63) is 71.6 Å². The third kappa shape index (κ3) is 7.74. The molecule has 9 nitrogen and oxygen atoms in total. The van der Waals surface area contributed by atoms with Crippen LogP contribution < -0.4 is 11.1 Å². The van der Waals surface area contributed by atoms with Crippen molar-refractivity contribution in [2.24, 2.45) is 22.2 Å². The van der Waals surface area contributed by atoms with Crippen LogP contribution in [0.15, 0.2) is 65.6 Å². The van der Waals surface area contributed by atoms with Crippen molar-refractivity contribution in [3.63, 3.8) is 0 Å². The summed E-state index contributed by atoms with van der Waals surface area (Å²) in [6.07, 6.45) is 9.78. The Balaban J connectivity index is 1.74. The standard InChI is InChI=1S/C29H37N5O4/c1-28(2,3)22-13-11-20(12-14-22)26(35)33-23(27(36)38-29(4,5)6)15-18-7-9-19(10-8-18)25-31-16-21(17-32-25)24(30)34-37/h7-11,13-14,16-17,20,23,37H,12,15H2,1-6H3,(H2,30,34)(H,33,35)/t20?,23-/m0/s1. The second-order valence-electron chi connectivity index (χ2n) is 11.4. The SMILES string of the molecule is CC(C)(C)OC(=O)[C@H](Cc1ccc(-c2ncc(C(N)=NO)cn2)cc1)NC(=O)C1C=CC(C(C)(C)C)=CC1. The molecule has 0 aliphatic heterocycles. The van der Waals surface area contributed by atoms with E-state index in [1.807, 2.05) is 36.4 Å². The molecule has 9 heteroatoms. The molecule has 202 valence electrons. The normalized spacial score (nSPS) is 16.9. The molecule has 2 aromatic rings. The number of oxime groups is 1. The first-order chi connectivity index (χ1) is 17.8. The summed E-state index contributed by atoms with van der Waals surface area (Å²) in [5.41, 5.74) is 8.08. The fourth-order valence-corrected chi connectivity index (χ4v) is 3.91. The van der Waals surface area contributed by atoms with Crippen LogP contribution in [0.3, 0.4) is 0 Å². The van der Waals surface area contributed by atoms with Gasteiger partial charge in [-0.05, 0) is 43.7 Å². The predicted molar refractivity (Wildman–Crippen MR) is 146 cm³/mol. The van der Waals surface area contributed by atoms with E-state index in [0.717, 1.165) is 11.1 Å². The third-order valence-electron chi connectivity index (χ3n) is 6.02. The second kappa shape index (κ2) is 11.6. The van der Waals surface area contributed by atoms with Gasteiger partial charge < -0.3 is 21.0 Å². The maximum absolute atomic E-state index is 13.1. The van der Waals surface area contributed by atoms with Gasteiger partial charge in [-0.3, -0.25) is 4.79 Å². The molecule has 1 amide bonds. The van der Waals surface area contributed by atoms with Crippen molar-refractivity contribution in [1.29, 1.82) is 0 Å². The number of hydrogen-bond donors (Lipinski definition) is 3. The number of amides is 1. The van der Waals surface area contributed by atoms with Crippen LogP contribution in [0.1, 0.15) is 59.1 Å². The number of carbonyl (C=O) groups is 2. The van der Waals surface area contributed by atoms with Gasteiger partial charge >= 0.3 is 5.97 Å². The van der Waals surface area contributed by atoms with Crippen LogP contribution >= 0.6 is 0 Å². The van der Waals surface area contributed by atoms with Crippen LogP contribution in [0.2, 0.25) is 0 Å². The molecule has 1 aromatic carbocycles. The number of esters is 1. The third-order valence-corrected chi connectivity index (χ3v) is 6.02. The molecule has 0 fully saturated rings. The van der Waals surface area contributed by atoms with E-state index in [2.05, 4.69) is 47.3 Å². The van der Waals surface area contributed by atoms with E-state index in [9.17, 15) is 9.59 Å². The average Bonchev–Trinajstić information content (AvgIpc) is 2.87. The molecule has 4 N–H and O–H groups in total. The summed E-state index contributed by atoms with van der Waals surface area (Å²) in [7, 11) is 0. The summed E-state index contributed by atoms with van der Waals surface area (Å²) in [6.45, 7) is 11.8. The predicted octanol–water partition coefficient (Wildman–Crippen LogP) is 4.16. The highest BCUT2D eigenvalue weighted by atomic mass is 16.6. The molecule has 0 bridgehead atoms. The molecular weight excluding hydrogens is 482 g/mol. The minimum Gasteiger partial charge on any atom is -0.458 e. The van der Waals surface area contributed by atoms with Crippen molar-refractivity contribution in [1.82, 2.24) is 15.3 Å². The summed E-state index contributed by atoms with van der Waals surface area (Å²) >= 11 is 0. The average molecular weight is 520 g/mol. The van der Waals surface area contributed by atoms with Gasteiger partial charge in [-0.1, -0.05) is 68.4 Å². The highest BCUT2D eigenvalue weighted by Crippen LogP contribution is 2.31. The Morgan fingerprint density at radius 1 is 1.13 bits per heavy atom. The van der Waals surface area contributed by atoms with Crippen molar-refractivity contribution in [2.75, 3.05) is 0 Å². The van der Waals surface area contributed by atoms with Crippen molar-refractivity contribution >= 4 is 17.7 Å². The Bertz CT molecular complexity index is 1230. The zero-order valence-corrected chi connectivity index (χ0v) is 22.9. The van der Waals surface area contributed by atoms with E-state index in [1.54, 1.807) is 20.8 Å². The summed E-state index contributed by atoms with van der Waals surface area (Å²) in [5.74, 6) is -0.649. The number of nitrogens with zero attached hydrogens (tertiary/aromatic N) is 3. The number of hydrogen-bond acceptors (Lipinski definition) is 7. The Kier molecular flexibility index (Phi) is 8.70. The number of allylic oxidation sites excluding steroid dienone is 3. The van der Waals surface area contributed by atoms with Crippen LogP contribution in [0, 0.1) is 11.3 Å². The molecule has 0 radical (unpaired) electrons. The number of nitrogens with two attached hydrogens (primary N) is 1. The van der Waals surface area contributed by atoms with Crippen LogP contribution in [-0.2, 0) is 20.7 Å². The molecular formula is C29H37N5O4. The maximum atomic E-state index is 13.1. The van der Waals surface area contributed by atoms with Gasteiger partial charge in [0.25, 0.3) is 0 Å². The van der Waals surface area contributed by atoms with Crippen LogP contribution in [0.5, 0.6) is 0 Å². The summed E-state index contributed by atoms with van der Waals surface area (Å²) in [6, 6.07) is 6.55. The van der Waals surface area contributed by atoms with Gasteiger partial charge in [0.05, 0.1) is 11.5 Å². The first kappa shape index (κ1) is 28.6. The van der Waals surface area contributed by atoms with Crippen LogP contribution in [0.25, 0.3) is 11.4 Å².